The summed E-state index contributed by atoms with van der Waals surface area (Å²) in [7, 11) is 5.12. The van der Waals surface area contributed by atoms with E-state index >= 15 is 0 Å². The van der Waals surface area contributed by atoms with E-state index in [0.29, 0.717) is 11.9 Å². The van der Waals surface area contributed by atoms with Gasteiger partial charge in [-0.2, -0.15) is 5.10 Å². The Morgan fingerprint density at radius 2 is 2.23 bits per heavy atom. The number of hydrogen-bond donors (Lipinski definition) is 0. The number of halogens is 1. The molecule has 7 heteroatoms. The molecule has 2 aromatic rings. The van der Waals surface area contributed by atoms with E-state index in [0.717, 1.165) is 22.2 Å². The predicted molar refractivity (Wildman–Crippen MR) is 101 cm³/mol. The van der Waals surface area contributed by atoms with Crippen LogP contribution in [0.2, 0.25) is 0 Å². The van der Waals surface area contributed by atoms with Crippen LogP contribution in [0.15, 0.2) is 31.0 Å². The SMILES string of the molecule is C=Cc1nn(PI)c2ccc(/C(=C\N(C)C)C(=O)OC)cc12. The fourth-order valence-corrected chi connectivity index (χ4v) is 3.67. The highest BCUT2D eigenvalue weighted by Crippen LogP contribution is 2.32. The largest absolute Gasteiger partial charge is 0.465 e. The van der Waals surface area contributed by atoms with E-state index in [-0.39, 0.29) is 5.97 Å². The second-order valence-electron chi connectivity index (χ2n) is 4.82. The Balaban J connectivity index is 2.65. The van der Waals surface area contributed by atoms with Gasteiger partial charge in [0.25, 0.3) is 0 Å². The molecule has 1 unspecified atom stereocenters. The van der Waals surface area contributed by atoms with Crippen LogP contribution in [-0.2, 0) is 9.53 Å². The van der Waals surface area contributed by atoms with Crippen molar-refractivity contribution in [3.8, 4) is 0 Å². The molecule has 0 saturated heterocycles. The third kappa shape index (κ3) is 3.33. The van der Waals surface area contributed by atoms with Crippen molar-refractivity contribution in [3.63, 3.8) is 0 Å². The van der Waals surface area contributed by atoms with Crippen LogP contribution in [0.4, 0.5) is 0 Å². The number of nitrogens with zero attached hydrogens (tertiary/aromatic N) is 3. The Kier molecular flexibility index (Phi) is 5.58. The minimum Gasteiger partial charge on any atom is -0.465 e. The Morgan fingerprint density at radius 3 is 2.77 bits per heavy atom. The zero-order chi connectivity index (χ0) is 16.3. The number of carbonyl (C=O) groups is 1. The Hall–Kier alpha value is -1.40. The fourth-order valence-electron chi connectivity index (χ4n) is 2.14. The van der Waals surface area contributed by atoms with E-state index in [4.69, 9.17) is 4.74 Å². The molecule has 0 amide bonds. The monoisotopic (exact) mass is 429 g/mol. The summed E-state index contributed by atoms with van der Waals surface area (Å²) < 4.78 is 6.82. The quantitative estimate of drug-likeness (QED) is 0.316. The summed E-state index contributed by atoms with van der Waals surface area (Å²) >= 11 is 2.29. The lowest BCUT2D eigenvalue weighted by Gasteiger charge is -2.11. The van der Waals surface area contributed by atoms with Gasteiger partial charge < -0.3 is 9.64 Å². The van der Waals surface area contributed by atoms with Gasteiger partial charge in [-0.15, -0.1) is 0 Å². The molecule has 1 heterocycles. The number of esters is 1. The molecule has 1 atom stereocenters. The molecule has 0 bridgehead atoms. The van der Waals surface area contributed by atoms with E-state index in [9.17, 15) is 4.79 Å². The third-order valence-electron chi connectivity index (χ3n) is 3.09. The van der Waals surface area contributed by atoms with Crippen molar-refractivity contribution in [2.75, 3.05) is 21.2 Å². The van der Waals surface area contributed by atoms with Crippen LogP contribution >= 0.6 is 28.4 Å². The van der Waals surface area contributed by atoms with Gasteiger partial charge in [0.15, 0.2) is 0 Å². The van der Waals surface area contributed by atoms with E-state index in [2.05, 4.69) is 33.7 Å². The summed E-state index contributed by atoms with van der Waals surface area (Å²) in [6.45, 7) is 3.81. The first-order valence-electron chi connectivity index (χ1n) is 6.50. The Morgan fingerprint density at radius 1 is 1.50 bits per heavy atom. The topological polar surface area (TPSA) is 47.4 Å². The lowest BCUT2D eigenvalue weighted by molar-refractivity contribution is -0.133. The van der Waals surface area contributed by atoms with Crippen molar-refractivity contribution in [3.05, 3.63) is 42.2 Å². The first-order chi connectivity index (χ1) is 10.5. The number of aromatic nitrogens is 2. The summed E-state index contributed by atoms with van der Waals surface area (Å²) in [6.07, 6.45) is 3.99. The molecule has 1 aromatic heterocycles. The molecule has 0 N–H and O–H groups in total. The first-order valence-corrected chi connectivity index (χ1v) is 10.6. The minimum atomic E-state index is -0.364. The zero-order valence-corrected chi connectivity index (χ0v) is 15.8. The Bertz CT molecular complexity index is 753. The summed E-state index contributed by atoms with van der Waals surface area (Å²) in [4.78, 5) is 13.9. The number of fused-ring (bicyclic) bond motifs is 1. The molecule has 116 valence electrons. The predicted octanol–water partition coefficient (Wildman–Crippen LogP) is 3.55. The highest BCUT2D eigenvalue weighted by molar-refractivity contribution is 14.2. The zero-order valence-electron chi connectivity index (χ0n) is 12.6. The number of rotatable bonds is 5. The van der Waals surface area contributed by atoms with Crippen molar-refractivity contribution in [2.45, 2.75) is 0 Å². The van der Waals surface area contributed by atoms with Gasteiger partial charge in [-0.05, 0) is 45.8 Å². The summed E-state index contributed by atoms with van der Waals surface area (Å²) in [5.41, 5.74) is 3.15. The lowest BCUT2D eigenvalue weighted by atomic mass is 10.0. The molecular weight excluding hydrogens is 412 g/mol. The molecule has 0 spiro atoms. The van der Waals surface area contributed by atoms with Crippen molar-refractivity contribution >= 4 is 56.9 Å². The fraction of sp³-hybridized carbons (Fsp3) is 0.200. The molecule has 22 heavy (non-hydrogen) atoms. The number of benzene rings is 1. The average molecular weight is 429 g/mol. The normalized spacial score (nSPS) is 12.1. The van der Waals surface area contributed by atoms with Crippen molar-refractivity contribution < 1.29 is 9.53 Å². The van der Waals surface area contributed by atoms with Gasteiger partial charge in [-0.3, -0.25) is 0 Å². The molecule has 0 radical (unpaired) electrons. The van der Waals surface area contributed by atoms with E-state index in [1.807, 2.05) is 41.6 Å². The summed E-state index contributed by atoms with van der Waals surface area (Å²) in [5.74, 6) is -0.364. The summed E-state index contributed by atoms with van der Waals surface area (Å²) in [5, 5.41) is 5.49. The van der Waals surface area contributed by atoms with Crippen LogP contribution in [0.5, 0.6) is 0 Å². The second-order valence-corrected chi connectivity index (χ2v) is 6.86. The lowest BCUT2D eigenvalue weighted by Crippen LogP contribution is -2.10. The van der Waals surface area contributed by atoms with E-state index < -0.39 is 0 Å². The number of methoxy groups -OCH3 is 1. The van der Waals surface area contributed by atoms with Crippen molar-refractivity contribution in [1.82, 2.24) is 14.5 Å². The van der Waals surface area contributed by atoms with Crippen molar-refractivity contribution in [2.24, 2.45) is 0 Å². The van der Waals surface area contributed by atoms with Crippen molar-refractivity contribution in [1.29, 1.82) is 0 Å². The number of hydrogen-bond acceptors (Lipinski definition) is 4. The maximum absolute atomic E-state index is 12.0. The molecule has 5 nitrogen and oxygen atoms in total. The first kappa shape index (κ1) is 17.0. The van der Waals surface area contributed by atoms with Gasteiger partial charge in [0.2, 0.25) is 0 Å². The van der Waals surface area contributed by atoms with Crippen LogP contribution in [0.1, 0.15) is 11.3 Å². The molecule has 0 saturated carbocycles. The van der Waals surface area contributed by atoms with Gasteiger partial charge in [0.05, 0.1) is 30.3 Å². The average Bonchev–Trinajstić information content (AvgIpc) is 2.88. The van der Waals surface area contributed by atoms with Crippen LogP contribution in [0, 0.1) is 0 Å². The molecule has 0 aliphatic heterocycles. The van der Waals surface area contributed by atoms with Gasteiger partial charge in [0.1, 0.15) is 0 Å². The molecule has 0 fully saturated rings. The van der Waals surface area contributed by atoms with Gasteiger partial charge in [0, 0.05) is 25.7 Å². The maximum atomic E-state index is 12.0. The maximum Gasteiger partial charge on any atom is 0.339 e. The minimum absolute atomic E-state index is 0.364. The summed E-state index contributed by atoms with van der Waals surface area (Å²) in [6, 6.07) is 5.85. The molecule has 2 rings (SSSR count). The highest BCUT2D eigenvalue weighted by Gasteiger charge is 2.16. The van der Waals surface area contributed by atoms with Crippen LogP contribution in [0.3, 0.4) is 0 Å². The Labute approximate surface area is 144 Å². The molecule has 0 aliphatic carbocycles. The van der Waals surface area contributed by atoms with Crippen LogP contribution in [0.25, 0.3) is 22.6 Å². The number of ether oxygens (including phenoxy) is 1. The van der Waals surface area contributed by atoms with Gasteiger partial charge >= 0.3 is 5.97 Å². The smallest absolute Gasteiger partial charge is 0.339 e. The molecular formula is C15H17IN3O2P. The molecule has 1 aromatic carbocycles. The van der Waals surface area contributed by atoms with Gasteiger partial charge in [-0.1, -0.05) is 12.6 Å². The third-order valence-corrected chi connectivity index (χ3v) is 4.96. The standard InChI is InChI=1S/C15H17IN3O2P/c1-5-13-11-8-10(6-7-14(11)19(17-13)22-16)12(9-18(2)3)15(20)21-4/h5-9,22H,1H2,2-4H3/b12-9+. The highest BCUT2D eigenvalue weighted by atomic mass is 127. The number of carbonyl (C=O) groups excluding carboxylic acids is 1. The van der Waals surface area contributed by atoms with E-state index in [1.54, 1.807) is 12.3 Å². The van der Waals surface area contributed by atoms with Crippen LogP contribution < -0.4 is 0 Å². The van der Waals surface area contributed by atoms with Crippen LogP contribution in [-0.4, -0.2) is 41.6 Å². The van der Waals surface area contributed by atoms with E-state index in [1.165, 1.54) is 7.11 Å². The second kappa shape index (κ2) is 7.24. The van der Waals surface area contributed by atoms with Gasteiger partial charge in [-0.25, -0.2) is 9.25 Å². The molecule has 0 aliphatic rings.